The highest BCUT2D eigenvalue weighted by molar-refractivity contribution is 6.35. The van der Waals surface area contributed by atoms with Gasteiger partial charge in [0.25, 0.3) is 5.91 Å². The van der Waals surface area contributed by atoms with Crippen molar-refractivity contribution < 1.29 is 9.59 Å². The molecule has 3 heterocycles. The Bertz CT molecular complexity index is 1820. The molecule has 9 nitrogen and oxygen atoms in total. The molecule has 1 aliphatic heterocycles. The Kier molecular flexibility index (Phi) is 8.68. The molecule has 1 saturated heterocycles. The van der Waals surface area contributed by atoms with E-state index in [1.54, 1.807) is 35.0 Å². The third kappa shape index (κ3) is 5.94. The molecule has 44 heavy (non-hydrogen) atoms. The van der Waals surface area contributed by atoms with E-state index in [9.17, 15) is 9.59 Å². The van der Waals surface area contributed by atoms with Crippen LogP contribution >= 0.6 is 23.2 Å². The molecule has 1 fully saturated rings. The molecule has 3 aromatic carbocycles. The molecular formula is C33H33Cl2N7O2. The van der Waals surface area contributed by atoms with Gasteiger partial charge in [0.1, 0.15) is 18.0 Å². The molecule has 226 valence electrons. The van der Waals surface area contributed by atoms with E-state index in [-0.39, 0.29) is 11.9 Å². The molecule has 1 N–H and O–H groups in total. The van der Waals surface area contributed by atoms with E-state index in [4.69, 9.17) is 28.2 Å². The maximum Gasteiger partial charge on any atom is 0.326 e. The van der Waals surface area contributed by atoms with Crippen LogP contribution in [0.15, 0.2) is 67.0 Å². The van der Waals surface area contributed by atoms with Gasteiger partial charge in [-0.05, 0) is 61.6 Å². The molecule has 0 aliphatic carbocycles. The number of benzene rings is 3. The Morgan fingerprint density at radius 1 is 1.00 bits per heavy atom. The summed E-state index contributed by atoms with van der Waals surface area (Å²) in [7, 11) is 1.78. The van der Waals surface area contributed by atoms with Crippen molar-refractivity contribution in [2.45, 2.75) is 38.6 Å². The number of likely N-dealkylation sites (tertiary alicyclic amines) is 1. The fraction of sp³-hybridized carbons (Fsp3) is 0.303. The van der Waals surface area contributed by atoms with Gasteiger partial charge in [0.2, 0.25) is 0 Å². The molecule has 6 rings (SSSR count). The van der Waals surface area contributed by atoms with Gasteiger partial charge in [-0.25, -0.2) is 19.7 Å². The molecule has 0 radical (unpaired) electrons. The average molecular weight is 631 g/mol. The number of anilines is 1. The molecule has 3 amide bonds. The van der Waals surface area contributed by atoms with Crippen LogP contribution in [-0.4, -0.2) is 68.4 Å². The Morgan fingerprint density at radius 3 is 2.52 bits per heavy atom. The highest BCUT2D eigenvalue weighted by Crippen LogP contribution is 2.36. The maximum absolute atomic E-state index is 14.4. The van der Waals surface area contributed by atoms with Crippen molar-refractivity contribution in [2.24, 2.45) is 0 Å². The van der Waals surface area contributed by atoms with Crippen LogP contribution in [-0.2, 0) is 6.42 Å². The quantitative estimate of drug-likeness (QED) is 0.194. The predicted octanol–water partition coefficient (Wildman–Crippen LogP) is 7.30. The Morgan fingerprint density at radius 2 is 1.77 bits per heavy atom. The molecule has 11 heteroatoms. The third-order valence-corrected chi connectivity index (χ3v) is 8.69. The predicted molar refractivity (Wildman–Crippen MR) is 174 cm³/mol. The molecule has 1 aliphatic rings. The monoisotopic (exact) mass is 629 g/mol. The lowest BCUT2D eigenvalue weighted by Crippen LogP contribution is -2.45. The number of imidazole rings is 1. The van der Waals surface area contributed by atoms with Crippen molar-refractivity contribution >= 4 is 62.9 Å². The molecule has 1 unspecified atom stereocenters. The van der Waals surface area contributed by atoms with Crippen LogP contribution in [0.5, 0.6) is 0 Å². The number of likely N-dealkylation sites (N-methyl/N-ethyl adjacent to an activating group) is 1. The summed E-state index contributed by atoms with van der Waals surface area (Å²) < 4.78 is 0. The van der Waals surface area contributed by atoms with Crippen LogP contribution in [0.2, 0.25) is 10.0 Å². The molecule has 0 saturated carbocycles. The summed E-state index contributed by atoms with van der Waals surface area (Å²) in [5.74, 6) is 0.878. The lowest BCUT2D eigenvalue weighted by atomic mass is 10.1. The summed E-state index contributed by atoms with van der Waals surface area (Å²) in [6.07, 6.45) is 4.60. The number of urea groups is 1. The number of carbonyl (C=O) groups is 2. The van der Waals surface area contributed by atoms with Gasteiger partial charge < -0.3 is 14.8 Å². The van der Waals surface area contributed by atoms with E-state index >= 15 is 0 Å². The number of rotatable bonds is 8. The topological polar surface area (TPSA) is 98.3 Å². The fourth-order valence-electron chi connectivity index (χ4n) is 5.76. The first-order chi connectivity index (χ1) is 21.3. The second-order valence-electron chi connectivity index (χ2n) is 11.1. The Labute approximate surface area is 265 Å². The zero-order valence-electron chi connectivity index (χ0n) is 24.6. The summed E-state index contributed by atoms with van der Waals surface area (Å²) in [4.78, 5) is 50.2. The Balaban J connectivity index is 1.43. The lowest BCUT2D eigenvalue weighted by molar-refractivity contribution is 0.0793. The highest BCUT2D eigenvalue weighted by Gasteiger charge is 2.33. The summed E-state index contributed by atoms with van der Waals surface area (Å²) >= 11 is 13.0. The van der Waals surface area contributed by atoms with Gasteiger partial charge in [0, 0.05) is 37.1 Å². The number of H-pyrrole nitrogens is 1. The average Bonchev–Trinajstić information content (AvgIpc) is 3.72. The van der Waals surface area contributed by atoms with Crippen molar-refractivity contribution in [3.05, 3.63) is 94.0 Å². The first kappa shape index (κ1) is 29.8. The largest absolute Gasteiger partial charge is 0.340 e. The van der Waals surface area contributed by atoms with Gasteiger partial charge in [-0.15, -0.1) is 0 Å². The number of amides is 3. The SMILES string of the molecule is CCC(c1nc2ccc(Cl)cc2[nH]1)N(C(=O)N(C)CCc1ccccc1)c1ncnc2cc(C(=O)N3CCCC3)c(Cl)cc12. The summed E-state index contributed by atoms with van der Waals surface area (Å²) in [6.45, 7) is 3.91. The number of aromatic nitrogens is 4. The zero-order valence-corrected chi connectivity index (χ0v) is 26.1. The maximum atomic E-state index is 14.4. The number of fused-ring (bicyclic) bond motifs is 2. The van der Waals surface area contributed by atoms with Crippen LogP contribution in [0.25, 0.3) is 21.9 Å². The van der Waals surface area contributed by atoms with Crippen LogP contribution < -0.4 is 4.90 Å². The van der Waals surface area contributed by atoms with Gasteiger partial charge in [-0.1, -0.05) is 60.5 Å². The van der Waals surface area contributed by atoms with Crippen LogP contribution in [0, 0.1) is 0 Å². The van der Waals surface area contributed by atoms with Crippen LogP contribution in [0.4, 0.5) is 10.6 Å². The fourth-order valence-corrected chi connectivity index (χ4v) is 6.18. The van der Waals surface area contributed by atoms with Gasteiger partial charge in [-0.2, -0.15) is 0 Å². The Hall–Kier alpha value is -4.21. The van der Waals surface area contributed by atoms with Crippen molar-refractivity contribution in [3.8, 4) is 0 Å². The molecule has 0 spiro atoms. The molecular weight excluding hydrogens is 597 g/mol. The van der Waals surface area contributed by atoms with E-state index < -0.39 is 6.04 Å². The second kappa shape index (κ2) is 12.8. The van der Waals surface area contributed by atoms with Crippen LogP contribution in [0.1, 0.15) is 54.0 Å². The summed E-state index contributed by atoms with van der Waals surface area (Å²) in [5, 5.41) is 1.45. The van der Waals surface area contributed by atoms with E-state index in [0.717, 1.165) is 29.4 Å². The summed E-state index contributed by atoms with van der Waals surface area (Å²) in [6, 6.07) is 18.2. The first-order valence-electron chi connectivity index (χ1n) is 14.8. The van der Waals surface area contributed by atoms with Crippen molar-refractivity contribution in [3.63, 3.8) is 0 Å². The van der Waals surface area contributed by atoms with Crippen molar-refractivity contribution in [2.75, 3.05) is 31.6 Å². The normalized spacial score (nSPS) is 13.9. The standard InChI is InChI=1S/C33H33Cl2N7O2/c1-3-29(30-38-26-12-11-22(34)17-28(26)39-30)42(33(44)40(2)16-13-21-9-5-4-6-10-21)31-24-18-25(35)23(19-27(24)36-20-37-31)32(43)41-14-7-8-15-41/h4-6,9-12,17-20,29H,3,7-8,13-16H2,1-2H3,(H,38,39). The first-order valence-corrected chi connectivity index (χ1v) is 15.6. The second-order valence-corrected chi connectivity index (χ2v) is 11.9. The van der Waals surface area contributed by atoms with E-state index in [1.165, 1.54) is 6.33 Å². The number of nitrogens with one attached hydrogen (secondary N) is 1. The molecule has 1 atom stereocenters. The number of aromatic amines is 1. The molecule has 0 bridgehead atoms. The van der Waals surface area contributed by atoms with Crippen LogP contribution in [0.3, 0.4) is 0 Å². The van der Waals surface area contributed by atoms with Crippen molar-refractivity contribution in [1.29, 1.82) is 0 Å². The zero-order chi connectivity index (χ0) is 30.8. The summed E-state index contributed by atoms with van der Waals surface area (Å²) in [5.41, 5.74) is 3.57. The smallest absolute Gasteiger partial charge is 0.326 e. The number of carbonyl (C=O) groups excluding carboxylic acids is 2. The molecule has 2 aromatic heterocycles. The number of hydrogen-bond acceptors (Lipinski definition) is 5. The third-order valence-electron chi connectivity index (χ3n) is 8.14. The van der Waals surface area contributed by atoms with Crippen molar-refractivity contribution in [1.82, 2.24) is 29.7 Å². The van der Waals surface area contributed by atoms with Gasteiger partial charge in [-0.3, -0.25) is 9.69 Å². The minimum absolute atomic E-state index is 0.115. The number of halogens is 2. The number of hydrogen-bond donors (Lipinski definition) is 1. The van der Waals surface area contributed by atoms with E-state index in [0.29, 0.717) is 70.6 Å². The van der Waals surface area contributed by atoms with E-state index in [2.05, 4.69) is 15.0 Å². The minimum Gasteiger partial charge on any atom is -0.340 e. The lowest BCUT2D eigenvalue weighted by Gasteiger charge is -2.33. The number of nitrogens with zero attached hydrogens (tertiary/aromatic N) is 6. The van der Waals surface area contributed by atoms with E-state index in [1.807, 2.05) is 54.3 Å². The molecule has 5 aromatic rings. The van der Waals surface area contributed by atoms with Gasteiger partial charge in [0.15, 0.2) is 0 Å². The highest BCUT2D eigenvalue weighted by atomic mass is 35.5. The minimum atomic E-state index is -0.504. The van der Waals surface area contributed by atoms with Gasteiger partial charge >= 0.3 is 6.03 Å². The van der Waals surface area contributed by atoms with Gasteiger partial charge in [0.05, 0.1) is 33.2 Å².